The fraction of sp³-hybridized carbons (Fsp3) is 0.0526. The average Bonchev–Trinajstić information content (AvgIpc) is 2.86. The highest BCUT2D eigenvalue weighted by Crippen LogP contribution is 2.34. The van der Waals surface area contributed by atoms with Gasteiger partial charge in [-0.2, -0.15) is 4.74 Å². The van der Waals surface area contributed by atoms with E-state index < -0.39 is 0 Å². The first-order chi connectivity index (χ1) is 11.2. The lowest BCUT2D eigenvalue weighted by Crippen LogP contribution is -2.16. The lowest BCUT2D eigenvalue weighted by atomic mass is 9.97. The Morgan fingerprint density at radius 3 is 2.43 bits per heavy atom. The number of Topliss-reactive ketones (excluding diaryl/α,β-unsaturated/α-hetero) is 1. The molecule has 1 heterocycles. The van der Waals surface area contributed by atoms with E-state index in [2.05, 4.69) is 0 Å². The quantitative estimate of drug-likeness (QED) is 0.536. The fourth-order valence-corrected chi connectivity index (χ4v) is 3.00. The Labute approximate surface area is 132 Å². The van der Waals surface area contributed by atoms with E-state index in [9.17, 15) is 10.0 Å². The van der Waals surface area contributed by atoms with Crippen molar-refractivity contribution in [3.63, 3.8) is 0 Å². The predicted molar refractivity (Wildman–Crippen MR) is 88.7 cm³/mol. The first-order valence-corrected chi connectivity index (χ1v) is 7.26. The van der Waals surface area contributed by atoms with Crippen LogP contribution in [0, 0.1) is 5.21 Å². The molecular formula is C19H13NO3. The predicted octanol–water partition coefficient (Wildman–Crippen LogP) is 3.68. The second kappa shape index (κ2) is 4.95. The van der Waals surface area contributed by atoms with Crippen LogP contribution in [0.25, 0.3) is 10.8 Å². The fourth-order valence-electron chi connectivity index (χ4n) is 3.00. The van der Waals surface area contributed by atoms with Gasteiger partial charge in [0.25, 0.3) is 11.5 Å². The molecule has 0 saturated heterocycles. The van der Waals surface area contributed by atoms with Gasteiger partial charge in [-0.25, -0.2) is 0 Å². The van der Waals surface area contributed by atoms with Crippen molar-refractivity contribution in [3.8, 4) is 5.75 Å². The summed E-state index contributed by atoms with van der Waals surface area (Å²) in [5.41, 5.74) is 1.62. The maximum atomic E-state index is 12.9. The molecule has 112 valence electrons. The Kier molecular flexibility index (Phi) is 2.91. The van der Waals surface area contributed by atoms with E-state index in [1.165, 1.54) is 0 Å². The number of carbonyl (C=O) groups is 1. The van der Waals surface area contributed by atoms with Crippen LogP contribution in [0.4, 0.5) is 5.69 Å². The standard InChI is InChI=1S/C19H13NO3/c1-23-14-9-6-13(7-10-14)18-19(21)17-15-5-3-2-4-12(15)8-11-16(17)20(18)22/h2-11H,1H3. The first kappa shape index (κ1) is 13.5. The van der Waals surface area contributed by atoms with Gasteiger partial charge in [0, 0.05) is 6.07 Å². The Morgan fingerprint density at radius 1 is 0.957 bits per heavy atom. The molecule has 23 heavy (non-hydrogen) atoms. The Bertz CT molecular complexity index is 972. The summed E-state index contributed by atoms with van der Waals surface area (Å²) in [5, 5.41) is 14.4. The lowest BCUT2D eigenvalue weighted by Gasteiger charge is -2.03. The number of fused-ring (bicyclic) bond motifs is 3. The van der Waals surface area contributed by atoms with E-state index in [0.717, 1.165) is 15.5 Å². The average molecular weight is 303 g/mol. The van der Waals surface area contributed by atoms with Crippen LogP contribution in [0.5, 0.6) is 5.75 Å². The number of hydrogen-bond donors (Lipinski definition) is 0. The van der Waals surface area contributed by atoms with Gasteiger partial charge < -0.3 is 9.94 Å². The van der Waals surface area contributed by atoms with E-state index in [0.29, 0.717) is 22.6 Å². The molecule has 0 atom stereocenters. The SMILES string of the molecule is COc1ccc(C2=[N+]([O-])c3ccc4ccccc4c3C2=O)cc1. The molecule has 3 aromatic carbocycles. The monoisotopic (exact) mass is 303 g/mol. The van der Waals surface area contributed by atoms with Crippen molar-refractivity contribution >= 4 is 28.0 Å². The summed E-state index contributed by atoms with van der Waals surface area (Å²) in [6.45, 7) is 0. The first-order valence-electron chi connectivity index (χ1n) is 7.26. The minimum Gasteiger partial charge on any atom is -0.618 e. The molecule has 0 fully saturated rings. The van der Waals surface area contributed by atoms with Crippen molar-refractivity contribution in [1.29, 1.82) is 0 Å². The van der Waals surface area contributed by atoms with E-state index in [1.807, 2.05) is 30.3 Å². The Morgan fingerprint density at radius 2 is 1.70 bits per heavy atom. The molecule has 0 aliphatic carbocycles. The van der Waals surface area contributed by atoms with Gasteiger partial charge in [0.05, 0.1) is 12.7 Å². The third kappa shape index (κ3) is 1.92. The Balaban J connectivity index is 1.91. The van der Waals surface area contributed by atoms with Gasteiger partial charge in [-0.1, -0.05) is 24.3 Å². The number of benzene rings is 3. The summed E-state index contributed by atoms with van der Waals surface area (Å²) in [7, 11) is 1.57. The van der Waals surface area contributed by atoms with Crippen LogP contribution < -0.4 is 4.74 Å². The molecule has 3 aromatic rings. The molecule has 0 bridgehead atoms. The van der Waals surface area contributed by atoms with Crippen molar-refractivity contribution in [2.24, 2.45) is 0 Å². The largest absolute Gasteiger partial charge is 0.618 e. The van der Waals surface area contributed by atoms with Crippen LogP contribution >= 0.6 is 0 Å². The van der Waals surface area contributed by atoms with Gasteiger partial charge in [0.15, 0.2) is 0 Å². The number of carbonyl (C=O) groups excluding carboxylic acids is 1. The smallest absolute Gasteiger partial charge is 0.272 e. The highest BCUT2D eigenvalue weighted by molar-refractivity contribution is 6.53. The zero-order valence-electron chi connectivity index (χ0n) is 12.4. The summed E-state index contributed by atoms with van der Waals surface area (Å²) in [6.07, 6.45) is 0. The minimum atomic E-state index is -0.239. The zero-order valence-corrected chi connectivity index (χ0v) is 12.4. The molecule has 0 spiro atoms. The van der Waals surface area contributed by atoms with Crippen LogP contribution in [0.3, 0.4) is 0 Å². The van der Waals surface area contributed by atoms with Crippen LogP contribution in [0.15, 0.2) is 60.7 Å². The van der Waals surface area contributed by atoms with Crippen LogP contribution in [-0.2, 0) is 0 Å². The van der Waals surface area contributed by atoms with E-state index in [-0.39, 0.29) is 11.5 Å². The summed E-state index contributed by atoms with van der Waals surface area (Å²) in [6, 6.07) is 18.1. The topological polar surface area (TPSA) is 52.4 Å². The second-order valence-corrected chi connectivity index (χ2v) is 5.38. The maximum Gasteiger partial charge on any atom is 0.272 e. The number of rotatable bonds is 2. The van der Waals surface area contributed by atoms with Crippen molar-refractivity contribution < 1.29 is 14.3 Å². The van der Waals surface area contributed by atoms with Gasteiger partial charge in [-0.3, -0.25) is 4.79 Å². The summed E-state index contributed by atoms with van der Waals surface area (Å²) in [4.78, 5) is 12.9. The molecule has 0 amide bonds. The van der Waals surface area contributed by atoms with Crippen molar-refractivity contribution in [3.05, 3.63) is 77.0 Å². The summed E-state index contributed by atoms with van der Waals surface area (Å²) in [5.74, 6) is 0.442. The van der Waals surface area contributed by atoms with E-state index in [4.69, 9.17) is 4.74 Å². The molecule has 0 saturated carbocycles. The van der Waals surface area contributed by atoms with E-state index in [1.54, 1.807) is 37.4 Å². The molecule has 1 aliphatic heterocycles. The van der Waals surface area contributed by atoms with E-state index >= 15 is 0 Å². The number of methoxy groups -OCH3 is 1. The lowest BCUT2D eigenvalue weighted by molar-refractivity contribution is -0.355. The van der Waals surface area contributed by atoms with Crippen LogP contribution in [0.2, 0.25) is 0 Å². The molecule has 4 nitrogen and oxygen atoms in total. The molecule has 4 heteroatoms. The summed E-state index contributed by atoms with van der Waals surface area (Å²) < 4.78 is 5.85. The third-order valence-corrected chi connectivity index (χ3v) is 4.13. The molecule has 1 aliphatic rings. The highest BCUT2D eigenvalue weighted by atomic mass is 16.5. The number of hydrogen-bond acceptors (Lipinski definition) is 3. The zero-order chi connectivity index (χ0) is 16.0. The second-order valence-electron chi connectivity index (χ2n) is 5.38. The summed E-state index contributed by atoms with van der Waals surface area (Å²) >= 11 is 0. The molecule has 0 radical (unpaired) electrons. The molecular weight excluding hydrogens is 290 g/mol. The van der Waals surface area contributed by atoms with Crippen molar-refractivity contribution in [2.45, 2.75) is 0 Å². The van der Waals surface area contributed by atoms with Gasteiger partial charge in [0.2, 0.25) is 5.69 Å². The minimum absolute atomic E-state index is 0.152. The number of nitrogens with zero attached hydrogens (tertiary/aromatic N) is 1. The third-order valence-electron chi connectivity index (χ3n) is 4.13. The highest BCUT2D eigenvalue weighted by Gasteiger charge is 2.37. The van der Waals surface area contributed by atoms with Gasteiger partial charge in [-0.15, -0.1) is 0 Å². The number of ether oxygens (including phenoxy) is 1. The normalized spacial score (nSPS) is 13.5. The molecule has 0 N–H and O–H groups in total. The molecule has 4 rings (SSSR count). The maximum absolute atomic E-state index is 12.9. The van der Waals surface area contributed by atoms with Gasteiger partial charge in [0.1, 0.15) is 11.3 Å². The van der Waals surface area contributed by atoms with Crippen molar-refractivity contribution in [1.82, 2.24) is 0 Å². The van der Waals surface area contributed by atoms with Crippen molar-refractivity contribution in [2.75, 3.05) is 7.11 Å². The molecule has 0 aromatic heterocycles. The van der Waals surface area contributed by atoms with Crippen LogP contribution in [-0.4, -0.2) is 23.3 Å². The Hall–Kier alpha value is -3.14. The molecule has 0 unspecified atom stereocenters. The number of ketones is 1. The van der Waals surface area contributed by atoms with Gasteiger partial charge in [-0.05, 0) is 41.1 Å². The van der Waals surface area contributed by atoms with Gasteiger partial charge >= 0.3 is 0 Å². The van der Waals surface area contributed by atoms with Crippen LogP contribution in [0.1, 0.15) is 15.9 Å².